The first-order valence-electron chi connectivity index (χ1n) is 6.59. The maximum atomic E-state index is 12.2. The van der Waals surface area contributed by atoms with Crippen molar-refractivity contribution in [1.82, 2.24) is 5.32 Å². The van der Waals surface area contributed by atoms with Crippen molar-refractivity contribution in [1.29, 1.82) is 0 Å². The summed E-state index contributed by atoms with van der Waals surface area (Å²) in [5, 5.41) is 12.1. The van der Waals surface area contributed by atoms with Gasteiger partial charge in [-0.1, -0.05) is 12.8 Å². The average Bonchev–Trinajstić information content (AvgIpc) is 2.69. The topological polar surface area (TPSA) is 66.4 Å². The first kappa shape index (κ1) is 14.1. The molecule has 2 unspecified atom stereocenters. The number of rotatable bonds is 3. The highest BCUT2D eigenvalue weighted by Gasteiger charge is 2.32. The number of hydrogen-bond donors (Lipinski definition) is 2. The number of nitrogens with one attached hydrogen (secondary N) is 1. The Kier molecular flexibility index (Phi) is 4.24. The first-order chi connectivity index (χ1) is 8.99. The molecule has 0 radical (unpaired) electrons. The molecule has 2 atom stereocenters. The fourth-order valence-electron chi connectivity index (χ4n) is 2.70. The molecule has 4 nitrogen and oxygen atoms in total. The van der Waals surface area contributed by atoms with Gasteiger partial charge in [0.25, 0.3) is 5.91 Å². The number of thiophene rings is 1. The second-order valence-electron chi connectivity index (χ2n) is 5.14. The molecule has 1 saturated carbocycles. The summed E-state index contributed by atoms with van der Waals surface area (Å²) in [6.45, 7) is 3.89. The summed E-state index contributed by atoms with van der Waals surface area (Å²) in [5.74, 6) is -1.39. The summed E-state index contributed by atoms with van der Waals surface area (Å²) >= 11 is 1.59. The standard InChI is InChI=1S/C14H19NO3S/c1-8-7-11(9(2)19-8)13(16)15-12-6-4-3-5-10(12)14(17)18/h7,10,12H,3-6H2,1-2H3,(H,15,16)(H,17,18). The minimum Gasteiger partial charge on any atom is -0.481 e. The van der Waals surface area contributed by atoms with Crippen LogP contribution in [0.1, 0.15) is 45.8 Å². The molecular weight excluding hydrogens is 262 g/mol. The molecule has 5 heteroatoms. The quantitative estimate of drug-likeness (QED) is 0.895. The Hall–Kier alpha value is -1.36. The second kappa shape index (κ2) is 5.74. The van der Waals surface area contributed by atoms with Crippen molar-refractivity contribution < 1.29 is 14.7 Å². The van der Waals surface area contributed by atoms with Gasteiger partial charge in [0.05, 0.1) is 11.5 Å². The van der Waals surface area contributed by atoms with Crippen molar-refractivity contribution >= 4 is 23.2 Å². The third-order valence-electron chi connectivity index (χ3n) is 3.69. The van der Waals surface area contributed by atoms with Crippen LogP contribution in [0.5, 0.6) is 0 Å². The Morgan fingerprint density at radius 1 is 1.32 bits per heavy atom. The summed E-state index contributed by atoms with van der Waals surface area (Å²) in [5.41, 5.74) is 0.678. The van der Waals surface area contributed by atoms with E-state index < -0.39 is 11.9 Å². The van der Waals surface area contributed by atoms with Crippen LogP contribution in [0.15, 0.2) is 6.07 Å². The largest absolute Gasteiger partial charge is 0.481 e. The number of aliphatic carboxylic acids is 1. The molecule has 2 rings (SSSR count). The van der Waals surface area contributed by atoms with Gasteiger partial charge in [0.2, 0.25) is 0 Å². The summed E-state index contributed by atoms with van der Waals surface area (Å²) in [6.07, 6.45) is 3.32. The summed E-state index contributed by atoms with van der Waals surface area (Å²) < 4.78 is 0. The van der Waals surface area contributed by atoms with Crippen LogP contribution in [0.3, 0.4) is 0 Å². The fraction of sp³-hybridized carbons (Fsp3) is 0.571. The van der Waals surface area contributed by atoms with E-state index >= 15 is 0 Å². The lowest BCUT2D eigenvalue weighted by molar-refractivity contribution is -0.143. The zero-order chi connectivity index (χ0) is 14.0. The molecule has 19 heavy (non-hydrogen) atoms. The van der Waals surface area contributed by atoms with Crippen molar-refractivity contribution in [2.24, 2.45) is 5.92 Å². The van der Waals surface area contributed by atoms with Crippen molar-refractivity contribution in [3.63, 3.8) is 0 Å². The second-order valence-corrected chi connectivity index (χ2v) is 6.60. The maximum Gasteiger partial charge on any atom is 0.308 e. The molecule has 0 aliphatic heterocycles. The first-order valence-corrected chi connectivity index (χ1v) is 7.41. The van der Waals surface area contributed by atoms with Crippen LogP contribution in [0.4, 0.5) is 0 Å². The molecule has 0 spiro atoms. The van der Waals surface area contributed by atoms with Gasteiger partial charge in [-0.2, -0.15) is 0 Å². The van der Waals surface area contributed by atoms with Crippen LogP contribution in [-0.2, 0) is 4.79 Å². The molecule has 1 aliphatic carbocycles. The molecule has 1 aromatic heterocycles. The highest BCUT2D eigenvalue weighted by molar-refractivity contribution is 7.12. The van der Waals surface area contributed by atoms with Gasteiger partial charge in [0.15, 0.2) is 0 Å². The van der Waals surface area contributed by atoms with Gasteiger partial charge in [0.1, 0.15) is 0 Å². The average molecular weight is 281 g/mol. The fourth-order valence-corrected chi connectivity index (χ4v) is 3.62. The van der Waals surface area contributed by atoms with Gasteiger partial charge >= 0.3 is 5.97 Å². The van der Waals surface area contributed by atoms with Crippen LogP contribution in [0.2, 0.25) is 0 Å². The molecule has 1 fully saturated rings. The SMILES string of the molecule is Cc1cc(C(=O)NC2CCCCC2C(=O)O)c(C)s1. The van der Waals surface area contributed by atoms with Crippen LogP contribution >= 0.6 is 11.3 Å². The number of amides is 1. The number of carbonyl (C=O) groups is 2. The van der Waals surface area contributed by atoms with Gasteiger partial charge in [-0.15, -0.1) is 11.3 Å². The zero-order valence-electron chi connectivity index (χ0n) is 11.2. The Labute approximate surface area is 116 Å². The van der Waals surface area contributed by atoms with Crippen LogP contribution in [0.25, 0.3) is 0 Å². The third-order valence-corrected chi connectivity index (χ3v) is 4.65. The minimum atomic E-state index is -0.803. The van der Waals surface area contributed by atoms with Gasteiger partial charge in [0, 0.05) is 15.8 Å². The van der Waals surface area contributed by atoms with Crippen LogP contribution in [0, 0.1) is 19.8 Å². The van der Waals surface area contributed by atoms with E-state index in [1.807, 2.05) is 19.9 Å². The van der Waals surface area contributed by atoms with Crippen molar-refractivity contribution in [2.45, 2.75) is 45.6 Å². The third kappa shape index (κ3) is 3.15. The lowest BCUT2D eigenvalue weighted by Gasteiger charge is -2.29. The van der Waals surface area contributed by atoms with E-state index in [0.717, 1.165) is 29.0 Å². The minimum absolute atomic E-state index is 0.139. The van der Waals surface area contributed by atoms with E-state index in [1.165, 1.54) is 0 Å². The molecule has 1 aromatic rings. The van der Waals surface area contributed by atoms with Crippen LogP contribution < -0.4 is 5.32 Å². The number of carbonyl (C=O) groups excluding carboxylic acids is 1. The Morgan fingerprint density at radius 3 is 2.58 bits per heavy atom. The molecule has 1 aliphatic rings. The predicted octanol–water partition coefficient (Wildman–Crippen LogP) is 2.74. The van der Waals surface area contributed by atoms with E-state index in [1.54, 1.807) is 11.3 Å². The monoisotopic (exact) mass is 281 g/mol. The Bertz CT molecular complexity index is 495. The molecular formula is C14H19NO3S. The zero-order valence-corrected chi connectivity index (χ0v) is 12.0. The lowest BCUT2D eigenvalue weighted by atomic mass is 9.84. The maximum absolute atomic E-state index is 12.2. The normalized spacial score (nSPS) is 23.1. The molecule has 0 aromatic carbocycles. The Morgan fingerprint density at radius 2 is 2.00 bits per heavy atom. The lowest BCUT2D eigenvalue weighted by Crippen LogP contribution is -2.45. The molecule has 2 N–H and O–H groups in total. The van der Waals surface area contributed by atoms with E-state index in [9.17, 15) is 14.7 Å². The summed E-state index contributed by atoms with van der Waals surface area (Å²) in [6, 6.07) is 1.63. The summed E-state index contributed by atoms with van der Waals surface area (Å²) in [4.78, 5) is 25.5. The van der Waals surface area contributed by atoms with Gasteiger partial charge < -0.3 is 10.4 Å². The number of carboxylic acids is 1. The van der Waals surface area contributed by atoms with Crippen molar-refractivity contribution in [3.8, 4) is 0 Å². The summed E-state index contributed by atoms with van der Waals surface area (Å²) in [7, 11) is 0. The molecule has 1 amide bonds. The smallest absolute Gasteiger partial charge is 0.308 e. The Balaban J connectivity index is 2.09. The van der Waals surface area contributed by atoms with E-state index in [2.05, 4.69) is 5.32 Å². The van der Waals surface area contributed by atoms with Gasteiger partial charge in [-0.3, -0.25) is 9.59 Å². The van der Waals surface area contributed by atoms with E-state index in [-0.39, 0.29) is 11.9 Å². The highest BCUT2D eigenvalue weighted by Crippen LogP contribution is 2.26. The van der Waals surface area contributed by atoms with Gasteiger partial charge in [-0.25, -0.2) is 0 Å². The van der Waals surface area contributed by atoms with Crippen LogP contribution in [-0.4, -0.2) is 23.0 Å². The van der Waals surface area contributed by atoms with E-state index in [0.29, 0.717) is 12.0 Å². The van der Waals surface area contributed by atoms with Crippen molar-refractivity contribution in [3.05, 3.63) is 21.4 Å². The number of aryl methyl sites for hydroxylation is 2. The molecule has 0 saturated heterocycles. The molecule has 0 bridgehead atoms. The van der Waals surface area contributed by atoms with Gasteiger partial charge in [-0.05, 0) is 32.8 Å². The number of hydrogen-bond acceptors (Lipinski definition) is 3. The molecule has 104 valence electrons. The van der Waals surface area contributed by atoms with Crippen molar-refractivity contribution in [2.75, 3.05) is 0 Å². The number of carboxylic acid groups (broad SMARTS) is 1. The molecule has 1 heterocycles. The highest BCUT2D eigenvalue weighted by atomic mass is 32.1. The van der Waals surface area contributed by atoms with E-state index in [4.69, 9.17) is 0 Å². The predicted molar refractivity (Wildman–Crippen MR) is 74.6 cm³/mol.